The molecule has 1 heterocycles. The second-order valence-corrected chi connectivity index (χ2v) is 4.30. The van der Waals surface area contributed by atoms with Gasteiger partial charge in [0.25, 0.3) is 0 Å². The Hall–Kier alpha value is -1.57. The molecule has 0 unspecified atom stereocenters. The second kappa shape index (κ2) is 3.78. The van der Waals surface area contributed by atoms with Crippen LogP contribution in [-0.4, -0.2) is 4.57 Å². The van der Waals surface area contributed by atoms with Crippen LogP contribution in [0.5, 0.6) is 0 Å². The van der Waals surface area contributed by atoms with Crippen LogP contribution < -0.4 is 5.43 Å². The highest BCUT2D eigenvalue weighted by Crippen LogP contribution is 2.16. The van der Waals surface area contributed by atoms with Crippen LogP contribution in [-0.2, 0) is 13.5 Å². The second-order valence-electron chi connectivity index (χ2n) is 4.30. The lowest BCUT2D eigenvalue weighted by atomic mass is 10.1. The third-order valence-electron chi connectivity index (χ3n) is 3.46. The molecule has 16 heavy (non-hydrogen) atoms. The average Bonchev–Trinajstić information content (AvgIpc) is 2.33. The molecule has 1 aromatic heterocycles. The molecule has 0 aliphatic carbocycles. The van der Waals surface area contributed by atoms with Gasteiger partial charge < -0.3 is 4.57 Å². The molecule has 0 saturated carbocycles. The highest BCUT2D eigenvalue weighted by Gasteiger charge is 2.08. The number of fused-ring (bicyclic) bond motifs is 1. The normalized spacial score (nSPS) is 11.0. The van der Waals surface area contributed by atoms with Crippen molar-refractivity contribution in [3.8, 4) is 0 Å². The molecule has 0 aliphatic heterocycles. The van der Waals surface area contributed by atoms with E-state index in [-0.39, 0.29) is 5.43 Å². The van der Waals surface area contributed by atoms with E-state index < -0.39 is 0 Å². The highest BCUT2D eigenvalue weighted by atomic mass is 16.1. The van der Waals surface area contributed by atoms with Crippen molar-refractivity contribution < 1.29 is 0 Å². The zero-order chi connectivity index (χ0) is 11.9. The lowest BCUT2D eigenvalue weighted by molar-refractivity contribution is 0.883. The zero-order valence-corrected chi connectivity index (χ0v) is 10.3. The first-order valence-corrected chi connectivity index (χ1v) is 5.65. The predicted octanol–water partition coefficient (Wildman–Crippen LogP) is 2.72. The first-order valence-electron chi connectivity index (χ1n) is 5.65. The molecule has 2 aromatic rings. The van der Waals surface area contributed by atoms with Crippen molar-refractivity contribution in [1.29, 1.82) is 0 Å². The molecule has 1 aromatic carbocycles. The van der Waals surface area contributed by atoms with Crippen molar-refractivity contribution in [2.45, 2.75) is 27.2 Å². The minimum Gasteiger partial charge on any atom is -0.347 e. The molecular formula is C14H17NO. The van der Waals surface area contributed by atoms with Gasteiger partial charge in [-0.3, -0.25) is 4.79 Å². The Morgan fingerprint density at radius 1 is 1.25 bits per heavy atom. The van der Waals surface area contributed by atoms with E-state index in [1.165, 1.54) is 5.56 Å². The minimum absolute atomic E-state index is 0.168. The van der Waals surface area contributed by atoms with Crippen molar-refractivity contribution in [1.82, 2.24) is 4.57 Å². The predicted molar refractivity (Wildman–Crippen MR) is 68.0 cm³/mol. The molecule has 2 heteroatoms. The molecule has 2 rings (SSSR count). The maximum Gasteiger partial charge on any atom is 0.192 e. The highest BCUT2D eigenvalue weighted by molar-refractivity contribution is 5.80. The van der Waals surface area contributed by atoms with Gasteiger partial charge in [-0.05, 0) is 38.0 Å². The largest absolute Gasteiger partial charge is 0.347 e. The number of hydrogen-bond donors (Lipinski definition) is 0. The Balaban J connectivity index is 2.97. The van der Waals surface area contributed by atoms with E-state index >= 15 is 0 Å². The van der Waals surface area contributed by atoms with Crippen molar-refractivity contribution in [3.05, 3.63) is 45.2 Å². The number of benzene rings is 1. The molecule has 0 N–H and O–H groups in total. The maximum absolute atomic E-state index is 12.2. The molecule has 0 fully saturated rings. The summed E-state index contributed by atoms with van der Waals surface area (Å²) in [6, 6.07) is 6.16. The molecule has 0 radical (unpaired) electrons. The molecule has 0 saturated heterocycles. The lowest BCUT2D eigenvalue weighted by Gasteiger charge is -2.12. The van der Waals surface area contributed by atoms with Gasteiger partial charge in [0.1, 0.15) is 0 Å². The molecule has 0 aliphatic rings. The molecule has 2 nitrogen and oxygen atoms in total. The molecular weight excluding hydrogens is 198 g/mol. The summed E-state index contributed by atoms with van der Waals surface area (Å²) >= 11 is 0. The third kappa shape index (κ3) is 1.45. The number of aromatic nitrogens is 1. The summed E-state index contributed by atoms with van der Waals surface area (Å²) in [7, 11) is 2.01. The van der Waals surface area contributed by atoms with Crippen molar-refractivity contribution in [3.63, 3.8) is 0 Å². The van der Waals surface area contributed by atoms with Crippen molar-refractivity contribution in [2.75, 3.05) is 0 Å². The van der Waals surface area contributed by atoms with Crippen LogP contribution in [0, 0.1) is 13.8 Å². The third-order valence-corrected chi connectivity index (χ3v) is 3.46. The molecule has 0 bridgehead atoms. The lowest BCUT2D eigenvalue weighted by Crippen LogP contribution is -2.14. The summed E-state index contributed by atoms with van der Waals surface area (Å²) in [5.41, 5.74) is 4.30. The van der Waals surface area contributed by atoms with Crippen LogP contribution in [0.15, 0.2) is 23.0 Å². The minimum atomic E-state index is 0.168. The van der Waals surface area contributed by atoms with Crippen LogP contribution in [0.3, 0.4) is 0 Å². The fourth-order valence-corrected chi connectivity index (χ4v) is 2.08. The van der Waals surface area contributed by atoms with Gasteiger partial charge in [-0.25, -0.2) is 0 Å². The smallest absolute Gasteiger partial charge is 0.192 e. The average molecular weight is 215 g/mol. The van der Waals surface area contributed by atoms with Gasteiger partial charge in [0, 0.05) is 23.7 Å². The van der Waals surface area contributed by atoms with Crippen molar-refractivity contribution in [2.24, 2.45) is 7.05 Å². The van der Waals surface area contributed by atoms with Gasteiger partial charge in [-0.2, -0.15) is 0 Å². The van der Waals surface area contributed by atoms with E-state index in [1.54, 1.807) is 0 Å². The Morgan fingerprint density at radius 2 is 1.94 bits per heavy atom. The Bertz CT molecular complexity index is 608. The summed E-state index contributed by atoms with van der Waals surface area (Å²) in [4.78, 5) is 12.2. The Kier molecular flexibility index (Phi) is 2.58. The van der Waals surface area contributed by atoms with Gasteiger partial charge in [-0.1, -0.05) is 13.0 Å². The fraction of sp³-hybridized carbons (Fsp3) is 0.357. The van der Waals surface area contributed by atoms with Crippen LogP contribution in [0.2, 0.25) is 0 Å². The number of hydrogen-bond acceptors (Lipinski definition) is 1. The molecule has 0 spiro atoms. The topological polar surface area (TPSA) is 22.0 Å². The van der Waals surface area contributed by atoms with E-state index in [2.05, 4.69) is 17.6 Å². The van der Waals surface area contributed by atoms with Crippen LogP contribution in [0.25, 0.3) is 10.9 Å². The van der Waals surface area contributed by atoms with E-state index in [4.69, 9.17) is 0 Å². The maximum atomic E-state index is 12.2. The van der Waals surface area contributed by atoms with Gasteiger partial charge in [0.15, 0.2) is 5.43 Å². The van der Waals surface area contributed by atoms with Gasteiger partial charge in [0.05, 0.1) is 5.52 Å². The van der Waals surface area contributed by atoms with E-state index in [0.717, 1.165) is 28.6 Å². The summed E-state index contributed by atoms with van der Waals surface area (Å²) < 4.78 is 2.09. The van der Waals surface area contributed by atoms with E-state index in [1.807, 2.05) is 33.0 Å². The molecule has 84 valence electrons. The standard InChI is InChI=1S/C14H17NO/c1-5-11-6-7-13-12(8-11)14(16)9(2)10(3)15(13)4/h6-8H,5H2,1-4H3. The van der Waals surface area contributed by atoms with Gasteiger partial charge in [0.2, 0.25) is 0 Å². The fourth-order valence-electron chi connectivity index (χ4n) is 2.08. The molecule has 0 amide bonds. The van der Waals surface area contributed by atoms with Gasteiger partial charge in [-0.15, -0.1) is 0 Å². The van der Waals surface area contributed by atoms with Gasteiger partial charge >= 0.3 is 0 Å². The van der Waals surface area contributed by atoms with Crippen LogP contribution >= 0.6 is 0 Å². The number of rotatable bonds is 1. The molecule has 0 atom stereocenters. The Labute approximate surface area is 95.5 Å². The monoisotopic (exact) mass is 215 g/mol. The summed E-state index contributed by atoms with van der Waals surface area (Å²) in [6.07, 6.45) is 0.964. The van der Waals surface area contributed by atoms with Crippen LogP contribution in [0.4, 0.5) is 0 Å². The Morgan fingerprint density at radius 3 is 2.56 bits per heavy atom. The number of nitrogens with zero attached hydrogens (tertiary/aromatic N) is 1. The summed E-state index contributed by atoms with van der Waals surface area (Å²) in [5.74, 6) is 0. The quantitative estimate of drug-likeness (QED) is 0.717. The first-order chi connectivity index (χ1) is 7.56. The van der Waals surface area contributed by atoms with Crippen LogP contribution in [0.1, 0.15) is 23.7 Å². The van der Waals surface area contributed by atoms with Crippen molar-refractivity contribution >= 4 is 10.9 Å². The first kappa shape index (κ1) is 10.9. The SMILES string of the molecule is CCc1ccc2c(c1)c(=O)c(C)c(C)n2C. The number of aryl methyl sites for hydroxylation is 2. The van der Waals surface area contributed by atoms with E-state index in [9.17, 15) is 4.79 Å². The summed E-state index contributed by atoms with van der Waals surface area (Å²) in [5, 5.41) is 0.838. The zero-order valence-electron chi connectivity index (χ0n) is 10.3. The summed E-state index contributed by atoms with van der Waals surface area (Å²) in [6.45, 7) is 5.99. The number of pyridine rings is 1. The van der Waals surface area contributed by atoms with E-state index in [0.29, 0.717) is 0 Å².